The van der Waals surface area contributed by atoms with E-state index in [9.17, 15) is 24.3 Å². The lowest BCUT2D eigenvalue weighted by molar-refractivity contribution is -0.173. The molecule has 2 aliphatic carbocycles. The van der Waals surface area contributed by atoms with E-state index in [1.54, 1.807) is 43.3 Å². The Balaban J connectivity index is 2.20. The number of fused-ring (bicyclic) bond motifs is 1. The molecule has 1 aromatic carbocycles. The van der Waals surface area contributed by atoms with Crippen molar-refractivity contribution < 1.29 is 43.2 Å². The molecular weight excluding hydrogens is 540 g/mol. The second-order valence-electron chi connectivity index (χ2n) is 12.3. The Labute approximate surface area is 248 Å². The van der Waals surface area contributed by atoms with Gasteiger partial charge in [-0.2, -0.15) is 0 Å². The predicted octanol–water partition coefficient (Wildman–Crippen LogP) is 4.96. The molecule has 3 rings (SSSR count). The van der Waals surface area contributed by atoms with Crippen LogP contribution in [0, 0.1) is 23.2 Å². The number of hydrogen-bond donors (Lipinski definition) is 1. The van der Waals surface area contributed by atoms with E-state index in [-0.39, 0.29) is 18.8 Å². The smallest absolute Gasteiger partial charge is 0.338 e. The highest BCUT2D eigenvalue weighted by Gasteiger charge is 2.58. The van der Waals surface area contributed by atoms with Crippen molar-refractivity contribution in [2.45, 2.75) is 98.2 Å². The Hall–Kier alpha value is -3.46. The van der Waals surface area contributed by atoms with Gasteiger partial charge in [-0.25, -0.2) is 4.79 Å². The number of benzene rings is 1. The van der Waals surface area contributed by atoms with Crippen LogP contribution in [0.3, 0.4) is 0 Å². The molecular formula is C33H44O9. The van der Waals surface area contributed by atoms with Crippen molar-refractivity contribution >= 4 is 23.9 Å². The molecule has 0 spiro atoms. The summed E-state index contributed by atoms with van der Waals surface area (Å²) in [6.07, 6.45) is 2.54. The standard InChI is InChI=1S/C33H44O9/c1-19-14-15-32(7,8)28(40-23(5)35)17-27(39-22(4)34)20(2)16-26-29(42-31(37)25-12-10-9-11-13-25)21(3)18-33(26,38)30(19)41-24(6)36/h9-16,19,21,26-30,38H,17-18H2,1-8H3/b15-14+,20-16+/t19-,21+,26-,27+,28+,29-,30-,33+/m0/s1. The number of aliphatic hydroxyl groups is 1. The lowest BCUT2D eigenvalue weighted by Crippen LogP contribution is -2.52. The van der Waals surface area contributed by atoms with Crippen molar-refractivity contribution in [2.75, 3.05) is 0 Å². The molecule has 230 valence electrons. The molecule has 0 heterocycles. The third-order valence-corrected chi connectivity index (χ3v) is 8.31. The van der Waals surface area contributed by atoms with Gasteiger partial charge in [-0.15, -0.1) is 0 Å². The molecule has 0 unspecified atom stereocenters. The molecule has 9 heteroatoms. The summed E-state index contributed by atoms with van der Waals surface area (Å²) in [5.74, 6) is -3.71. The van der Waals surface area contributed by atoms with Crippen molar-refractivity contribution in [3.8, 4) is 0 Å². The van der Waals surface area contributed by atoms with Crippen LogP contribution in [-0.4, -0.2) is 59.0 Å². The SMILES string of the molecule is CC(=O)O[C@@H]1C[C@@H](OC(C)=O)C(C)(C)/C=C/[C@H](C)[C@H](OC(C)=O)[C@@]2(O)C[C@@H](C)[C@H](OC(=O)c3ccccc3)[C@@H]2/C=C/1C. The van der Waals surface area contributed by atoms with Gasteiger partial charge in [-0.3, -0.25) is 14.4 Å². The van der Waals surface area contributed by atoms with Gasteiger partial charge < -0.3 is 24.1 Å². The van der Waals surface area contributed by atoms with E-state index in [1.807, 2.05) is 39.8 Å². The third kappa shape index (κ3) is 7.68. The van der Waals surface area contributed by atoms with Gasteiger partial charge in [-0.05, 0) is 37.0 Å². The zero-order valence-electron chi connectivity index (χ0n) is 25.8. The molecule has 8 atom stereocenters. The molecule has 1 saturated carbocycles. The monoisotopic (exact) mass is 584 g/mol. The molecule has 0 saturated heterocycles. The van der Waals surface area contributed by atoms with Gasteiger partial charge in [0, 0.05) is 44.4 Å². The highest BCUT2D eigenvalue weighted by Crippen LogP contribution is 2.48. The maximum absolute atomic E-state index is 13.2. The van der Waals surface area contributed by atoms with Gasteiger partial charge in [0.25, 0.3) is 0 Å². The fraction of sp³-hybridized carbons (Fsp3) is 0.576. The van der Waals surface area contributed by atoms with Crippen LogP contribution < -0.4 is 0 Å². The average molecular weight is 585 g/mol. The molecule has 0 amide bonds. The topological polar surface area (TPSA) is 125 Å². The first kappa shape index (κ1) is 33.0. The van der Waals surface area contributed by atoms with Gasteiger partial charge in [0.2, 0.25) is 0 Å². The molecule has 0 aromatic heterocycles. The van der Waals surface area contributed by atoms with E-state index < -0.39 is 71.1 Å². The summed E-state index contributed by atoms with van der Waals surface area (Å²) in [7, 11) is 0. The highest BCUT2D eigenvalue weighted by molar-refractivity contribution is 5.89. The Morgan fingerprint density at radius 1 is 0.881 bits per heavy atom. The van der Waals surface area contributed by atoms with Gasteiger partial charge in [0.15, 0.2) is 0 Å². The minimum atomic E-state index is -1.63. The Morgan fingerprint density at radius 3 is 2.05 bits per heavy atom. The van der Waals surface area contributed by atoms with E-state index in [1.165, 1.54) is 20.8 Å². The molecule has 1 N–H and O–H groups in total. The maximum Gasteiger partial charge on any atom is 0.338 e. The summed E-state index contributed by atoms with van der Waals surface area (Å²) in [4.78, 5) is 49.9. The van der Waals surface area contributed by atoms with Crippen molar-refractivity contribution in [3.05, 3.63) is 59.7 Å². The van der Waals surface area contributed by atoms with Gasteiger partial charge in [0.05, 0.1) is 5.56 Å². The third-order valence-electron chi connectivity index (χ3n) is 8.31. The lowest BCUT2D eigenvalue weighted by atomic mass is 9.75. The average Bonchev–Trinajstić information content (AvgIpc) is 3.13. The predicted molar refractivity (Wildman–Crippen MR) is 155 cm³/mol. The number of hydrogen-bond acceptors (Lipinski definition) is 9. The number of esters is 4. The largest absolute Gasteiger partial charge is 0.461 e. The first-order chi connectivity index (χ1) is 19.5. The number of ether oxygens (including phenoxy) is 4. The van der Waals surface area contributed by atoms with E-state index in [2.05, 4.69) is 0 Å². The van der Waals surface area contributed by atoms with Crippen molar-refractivity contribution in [1.82, 2.24) is 0 Å². The summed E-state index contributed by atoms with van der Waals surface area (Å²) in [6, 6.07) is 8.57. The minimum Gasteiger partial charge on any atom is -0.461 e. The highest BCUT2D eigenvalue weighted by atomic mass is 16.6. The van der Waals surface area contributed by atoms with Gasteiger partial charge in [-0.1, -0.05) is 64.1 Å². The molecule has 0 radical (unpaired) electrons. The van der Waals surface area contributed by atoms with E-state index in [0.717, 1.165) is 0 Å². The quantitative estimate of drug-likeness (QED) is 0.290. The number of carbonyl (C=O) groups is 4. The van der Waals surface area contributed by atoms with Crippen LogP contribution in [0.4, 0.5) is 0 Å². The molecule has 1 aromatic rings. The zero-order chi connectivity index (χ0) is 31.4. The van der Waals surface area contributed by atoms with Crippen LogP contribution in [-0.2, 0) is 33.3 Å². The Morgan fingerprint density at radius 2 is 1.48 bits per heavy atom. The first-order valence-corrected chi connectivity index (χ1v) is 14.4. The van der Waals surface area contributed by atoms with Gasteiger partial charge in [0.1, 0.15) is 30.0 Å². The van der Waals surface area contributed by atoms with Crippen LogP contribution in [0.5, 0.6) is 0 Å². The molecule has 9 nitrogen and oxygen atoms in total. The van der Waals surface area contributed by atoms with Crippen LogP contribution in [0.1, 0.15) is 78.6 Å². The van der Waals surface area contributed by atoms with Crippen LogP contribution in [0.2, 0.25) is 0 Å². The van der Waals surface area contributed by atoms with Crippen LogP contribution in [0.25, 0.3) is 0 Å². The molecule has 42 heavy (non-hydrogen) atoms. The summed E-state index contributed by atoms with van der Waals surface area (Å²) in [6.45, 7) is 13.2. The summed E-state index contributed by atoms with van der Waals surface area (Å²) in [5, 5.41) is 12.5. The molecule has 2 aliphatic rings. The number of rotatable bonds is 5. The molecule has 0 bridgehead atoms. The fourth-order valence-electron chi connectivity index (χ4n) is 6.17. The molecule has 1 fully saturated rings. The fourth-order valence-corrected chi connectivity index (χ4v) is 6.17. The van der Waals surface area contributed by atoms with Crippen molar-refractivity contribution in [3.63, 3.8) is 0 Å². The normalized spacial score (nSPS) is 34.7. The Kier molecular flexibility index (Phi) is 10.4. The maximum atomic E-state index is 13.2. The van der Waals surface area contributed by atoms with E-state index in [4.69, 9.17) is 18.9 Å². The molecule has 0 aliphatic heterocycles. The lowest BCUT2D eigenvalue weighted by Gasteiger charge is -2.41. The summed E-state index contributed by atoms with van der Waals surface area (Å²) < 4.78 is 23.3. The Bertz CT molecular complexity index is 1220. The van der Waals surface area contributed by atoms with Crippen molar-refractivity contribution in [1.29, 1.82) is 0 Å². The summed E-state index contributed by atoms with van der Waals surface area (Å²) >= 11 is 0. The minimum absolute atomic E-state index is 0.162. The van der Waals surface area contributed by atoms with E-state index >= 15 is 0 Å². The second-order valence-corrected chi connectivity index (χ2v) is 12.3. The second kappa shape index (κ2) is 13.2. The van der Waals surface area contributed by atoms with Crippen molar-refractivity contribution in [2.24, 2.45) is 23.2 Å². The van der Waals surface area contributed by atoms with Crippen LogP contribution >= 0.6 is 0 Å². The number of carbonyl (C=O) groups excluding carboxylic acids is 4. The first-order valence-electron chi connectivity index (χ1n) is 14.4. The van der Waals surface area contributed by atoms with E-state index in [0.29, 0.717) is 11.1 Å². The van der Waals surface area contributed by atoms with Crippen LogP contribution in [0.15, 0.2) is 54.1 Å². The zero-order valence-corrected chi connectivity index (χ0v) is 25.8. The summed E-state index contributed by atoms with van der Waals surface area (Å²) in [5.41, 5.74) is -1.39. The van der Waals surface area contributed by atoms with Gasteiger partial charge >= 0.3 is 23.9 Å².